The van der Waals surface area contributed by atoms with Crippen molar-refractivity contribution in [3.8, 4) is 0 Å². The van der Waals surface area contributed by atoms with Crippen molar-refractivity contribution < 1.29 is 19.1 Å². The first-order valence-corrected chi connectivity index (χ1v) is 4.85. The average Bonchev–Trinajstić information content (AvgIpc) is 2.18. The lowest BCUT2D eigenvalue weighted by molar-refractivity contribution is -0.120. The van der Waals surface area contributed by atoms with E-state index in [-0.39, 0.29) is 11.3 Å². The molecule has 0 aliphatic heterocycles. The van der Waals surface area contributed by atoms with Gasteiger partial charge in [0.05, 0.1) is 16.8 Å². The van der Waals surface area contributed by atoms with Gasteiger partial charge in [-0.2, -0.15) is 0 Å². The number of benzene rings is 1. The van der Waals surface area contributed by atoms with E-state index in [0.29, 0.717) is 0 Å². The van der Waals surface area contributed by atoms with Crippen molar-refractivity contribution in [2.45, 2.75) is 19.4 Å². The van der Waals surface area contributed by atoms with E-state index in [1.54, 1.807) is 0 Å². The normalized spacial score (nSPS) is 11.1. The van der Waals surface area contributed by atoms with E-state index in [9.17, 15) is 14.0 Å². The number of hydrogen-bond acceptors (Lipinski definition) is 3. The van der Waals surface area contributed by atoms with E-state index in [1.165, 1.54) is 26.0 Å². The third-order valence-electron chi connectivity index (χ3n) is 2.07. The van der Waals surface area contributed by atoms with Gasteiger partial charge in [-0.05, 0) is 26.0 Å². The molecule has 0 atom stereocenters. The Bertz CT molecular complexity index is 466. The summed E-state index contributed by atoms with van der Waals surface area (Å²) < 4.78 is 13.4. The molecule has 1 aromatic rings. The molecule has 0 radical (unpaired) electrons. The van der Waals surface area contributed by atoms with Crippen molar-refractivity contribution in [2.75, 3.05) is 5.32 Å². The average molecular weight is 240 g/mol. The largest absolute Gasteiger partial charge is 0.478 e. The number of carboxylic acids is 1. The van der Waals surface area contributed by atoms with Crippen LogP contribution in [0.1, 0.15) is 24.2 Å². The number of anilines is 1. The number of carbonyl (C=O) groups excluding carboxylic acids is 1. The van der Waals surface area contributed by atoms with Crippen molar-refractivity contribution in [3.05, 3.63) is 29.6 Å². The van der Waals surface area contributed by atoms with Crippen molar-refractivity contribution in [3.63, 3.8) is 0 Å². The van der Waals surface area contributed by atoms with Gasteiger partial charge in [0.15, 0.2) is 0 Å². The van der Waals surface area contributed by atoms with Crippen LogP contribution < -0.4 is 11.1 Å². The van der Waals surface area contributed by atoms with Crippen LogP contribution in [0.4, 0.5) is 10.1 Å². The number of carboxylic acid groups (broad SMARTS) is 1. The maximum Gasteiger partial charge on any atom is 0.337 e. The predicted octanol–water partition coefficient (Wildman–Crippen LogP) is 1.20. The number of carbonyl (C=O) groups is 2. The minimum atomic E-state index is -1.32. The molecule has 1 aromatic carbocycles. The monoisotopic (exact) mass is 240 g/mol. The molecular weight excluding hydrogens is 227 g/mol. The van der Waals surface area contributed by atoms with Gasteiger partial charge in [-0.3, -0.25) is 4.79 Å². The van der Waals surface area contributed by atoms with E-state index in [4.69, 9.17) is 10.8 Å². The summed E-state index contributed by atoms with van der Waals surface area (Å²) in [6, 6.07) is 3.51. The van der Waals surface area contributed by atoms with Gasteiger partial charge >= 0.3 is 5.97 Å². The minimum absolute atomic E-state index is 0.317. The number of rotatable bonds is 3. The molecule has 0 unspecified atom stereocenters. The highest BCUT2D eigenvalue weighted by Crippen LogP contribution is 2.20. The molecule has 0 saturated carbocycles. The lowest BCUT2D eigenvalue weighted by atomic mass is 10.1. The van der Waals surface area contributed by atoms with Gasteiger partial charge in [0, 0.05) is 0 Å². The Morgan fingerprint density at radius 2 is 2.00 bits per heavy atom. The molecule has 6 heteroatoms. The van der Waals surface area contributed by atoms with Crippen molar-refractivity contribution in [1.29, 1.82) is 0 Å². The first-order valence-electron chi connectivity index (χ1n) is 4.85. The second-order valence-corrected chi connectivity index (χ2v) is 4.14. The Labute approximate surface area is 97.4 Å². The minimum Gasteiger partial charge on any atom is -0.478 e. The molecule has 0 aliphatic rings. The summed E-state index contributed by atoms with van der Waals surface area (Å²) in [4.78, 5) is 22.4. The zero-order valence-electron chi connectivity index (χ0n) is 9.45. The van der Waals surface area contributed by atoms with Crippen LogP contribution >= 0.6 is 0 Å². The van der Waals surface area contributed by atoms with Gasteiger partial charge in [-0.25, -0.2) is 9.18 Å². The SMILES string of the molecule is CC(C)(N)C(=O)Nc1c(F)cccc1C(=O)O. The molecule has 1 rings (SSSR count). The van der Waals surface area contributed by atoms with E-state index < -0.39 is 23.2 Å². The van der Waals surface area contributed by atoms with Crippen LogP contribution in [0.25, 0.3) is 0 Å². The fourth-order valence-electron chi connectivity index (χ4n) is 1.10. The van der Waals surface area contributed by atoms with Crippen molar-refractivity contribution in [1.82, 2.24) is 0 Å². The van der Waals surface area contributed by atoms with Crippen LogP contribution in [0.5, 0.6) is 0 Å². The highest BCUT2D eigenvalue weighted by molar-refractivity contribution is 6.03. The predicted molar refractivity (Wildman–Crippen MR) is 60.3 cm³/mol. The zero-order chi connectivity index (χ0) is 13.2. The number of nitrogens with two attached hydrogens (primary N) is 1. The fraction of sp³-hybridized carbons (Fsp3) is 0.273. The van der Waals surface area contributed by atoms with Gasteiger partial charge in [-0.1, -0.05) is 6.07 Å². The molecule has 0 spiro atoms. The number of nitrogens with one attached hydrogen (secondary N) is 1. The molecule has 0 aromatic heterocycles. The maximum absolute atomic E-state index is 13.4. The second kappa shape index (κ2) is 4.50. The Balaban J connectivity index is 3.14. The molecule has 4 N–H and O–H groups in total. The first kappa shape index (κ1) is 13.1. The van der Waals surface area contributed by atoms with Crippen molar-refractivity contribution >= 4 is 17.6 Å². The topological polar surface area (TPSA) is 92.4 Å². The quantitative estimate of drug-likeness (QED) is 0.740. The third-order valence-corrected chi connectivity index (χ3v) is 2.07. The van der Waals surface area contributed by atoms with Crippen LogP contribution in [0, 0.1) is 5.82 Å². The third kappa shape index (κ3) is 3.01. The molecule has 17 heavy (non-hydrogen) atoms. The van der Waals surface area contributed by atoms with Crippen LogP contribution in [-0.4, -0.2) is 22.5 Å². The molecule has 92 valence electrons. The molecule has 5 nitrogen and oxygen atoms in total. The molecule has 0 saturated heterocycles. The zero-order valence-corrected chi connectivity index (χ0v) is 9.45. The summed E-state index contributed by atoms with van der Waals surface area (Å²) in [5.74, 6) is -2.80. The van der Waals surface area contributed by atoms with Gasteiger partial charge in [-0.15, -0.1) is 0 Å². The van der Waals surface area contributed by atoms with Gasteiger partial charge in [0.2, 0.25) is 5.91 Å². The van der Waals surface area contributed by atoms with Gasteiger partial charge in [0.1, 0.15) is 5.82 Å². The highest BCUT2D eigenvalue weighted by atomic mass is 19.1. The van der Waals surface area contributed by atoms with Gasteiger partial charge in [0.25, 0.3) is 0 Å². The molecule has 1 amide bonds. The van der Waals surface area contributed by atoms with Crippen LogP contribution in [0.15, 0.2) is 18.2 Å². The second-order valence-electron chi connectivity index (χ2n) is 4.14. The molecular formula is C11H13FN2O3. The molecule has 0 aliphatic carbocycles. The first-order chi connectivity index (χ1) is 7.73. The summed E-state index contributed by atoms with van der Waals surface area (Å²) in [6.07, 6.45) is 0. The molecule has 0 heterocycles. The number of aromatic carboxylic acids is 1. The van der Waals surface area contributed by atoms with Crippen LogP contribution in [-0.2, 0) is 4.79 Å². The molecule has 0 bridgehead atoms. The van der Waals surface area contributed by atoms with E-state index >= 15 is 0 Å². The number of amides is 1. The van der Waals surface area contributed by atoms with Crippen LogP contribution in [0.2, 0.25) is 0 Å². The Hall–Kier alpha value is -1.95. The highest BCUT2D eigenvalue weighted by Gasteiger charge is 2.25. The maximum atomic E-state index is 13.4. The fourth-order valence-corrected chi connectivity index (χ4v) is 1.10. The summed E-state index contributed by atoms with van der Waals surface area (Å²) in [6.45, 7) is 2.87. The van der Waals surface area contributed by atoms with Gasteiger partial charge < -0.3 is 16.2 Å². The smallest absolute Gasteiger partial charge is 0.337 e. The Morgan fingerprint density at radius 1 is 1.41 bits per heavy atom. The van der Waals surface area contributed by atoms with Crippen molar-refractivity contribution in [2.24, 2.45) is 5.73 Å². The van der Waals surface area contributed by atoms with E-state index in [2.05, 4.69) is 5.32 Å². The number of hydrogen-bond donors (Lipinski definition) is 3. The Morgan fingerprint density at radius 3 is 2.47 bits per heavy atom. The Kier molecular flexibility index (Phi) is 3.47. The number of para-hydroxylation sites is 1. The van der Waals surface area contributed by atoms with Crippen LogP contribution in [0.3, 0.4) is 0 Å². The van der Waals surface area contributed by atoms with E-state index in [1.807, 2.05) is 0 Å². The summed E-state index contributed by atoms with van der Waals surface area (Å²) in [5, 5.41) is 11.0. The lowest BCUT2D eigenvalue weighted by Crippen LogP contribution is -2.45. The van der Waals surface area contributed by atoms with E-state index in [0.717, 1.165) is 6.07 Å². The summed E-state index contributed by atoms with van der Waals surface area (Å²) >= 11 is 0. The summed E-state index contributed by atoms with van der Waals surface area (Å²) in [5.41, 5.74) is 3.61. The standard InChI is InChI=1S/C11H13FN2O3/c1-11(2,13)10(17)14-8-6(9(15)16)4-3-5-7(8)12/h3-5H,13H2,1-2H3,(H,14,17)(H,15,16). The molecule has 0 fully saturated rings. The lowest BCUT2D eigenvalue weighted by Gasteiger charge is -2.18. The number of halogens is 1. The summed E-state index contributed by atoms with van der Waals surface area (Å²) in [7, 11) is 0.